The van der Waals surface area contributed by atoms with Gasteiger partial charge in [0.15, 0.2) is 12.4 Å². The Morgan fingerprint density at radius 1 is 0.967 bits per heavy atom. The minimum atomic E-state index is -2.97. The molecule has 0 aliphatic carbocycles. The quantitative estimate of drug-likeness (QED) is 0.475. The summed E-state index contributed by atoms with van der Waals surface area (Å²) in [6, 6.07) is 12.1. The number of rotatable bonds is 9. The summed E-state index contributed by atoms with van der Waals surface area (Å²) in [5.41, 5.74) is 0.723. The standard InChI is InChI=1S/C21H22F2N2O5/c1-13(2)18(25-21(28)24-15-6-4-3-5-7-15)19(27)29-12-17(26)14-8-10-16(11-9-14)30-20(22)23/h3-11,13,18,20H,12H2,1-2H3,(H2,24,25,28)/t18-/m0/s1. The largest absolute Gasteiger partial charge is 0.456 e. The molecule has 2 rings (SSSR count). The number of ketones is 1. The Morgan fingerprint density at radius 2 is 1.60 bits per heavy atom. The molecule has 0 unspecified atom stereocenters. The second-order valence-corrected chi connectivity index (χ2v) is 6.62. The van der Waals surface area contributed by atoms with Crippen LogP contribution >= 0.6 is 0 Å². The maximum absolute atomic E-state index is 12.4. The Kier molecular flexibility index (Phi) is 8.28. The highest BCUT2D eigenvalue weighted by atomic mass is 19.3. The molecule has 0 bridgehead atoms. The molecule has 0 spiro atoms. The van der Waals surface area contributed by atoms with Crippen molar-refractivity contribution >= 4 is 23.5 Å². The minimum Gasteiger partial charge on any atom is -0.456 e. The number of anilines is 1. The Morgan fingerprint density at radius 3 is 2.17 bits per heavy atom. The third kappa shape index (κ3) is 7.16. The van der Waals surface area contributed by atoms with Crippen LogP contribution in [0.5, 0.6) is 5.75 Å². The number of Topliss-reactive ketones (excluding diaryl/α,β-unsaturated/α-hetero) is 1. The third-order valence-electron chi connectivity index (χ3n) is 3.99. The third-order valence-corrected chi connectivity index (χ3v) is 3.99. The maximum Gasteiger partial charge on any atom is 0.387 e. The van der Waals surface area contributed by atoms with Gasteiger partial charge in [-0.15, -0.1) is 0 Å². The second-order valence-electron chi connectivity index (χ2n) is 6.62. The van der Waals surface area contributed by atoms with Gasteiger partial charge in [-0.3, -0.25) is 4.79 Å². The van der Waals surface area contributed by atoms with Crippen molar-refractivity contribution in [3.8, 4) is 5.75 Å². The monoisotopic (exact) mass is 420 g/mol. The molecule has 0 aliphatic heterocycles. The summed E-state index contributed by atoms with van der Waals surface area (Å²) in [5.74, 6) is -1.67. The minimum absolute atomic E-state index is 0.0907. The fourth-order valence-electron chi connectivity index (χ4n) is 2.46. The number of carbonyl (C=O) groups excluding carboxylic acids is 3. The number of carbonyl (C=O) groups is 3. The number of urea groups is 1. The Balaban J connectivity index is 1.89. The molecule has 0 saturated carbocycles. The number of ether oxygens (including phenoxy) is 2. The Bertz CT molecular complexity index is 857. The van der Waals surface area contributed by atoms with E-state index in [1.807, 2.05) is 0 Å². The molecule has 30 heavy (non-hydrogen) atoms. The molecule has 2 aromatic rings. The molecule has 2 N–H and O–H groups in total. The number of halogens is 2. The summed E-state index contributed by atoms with van der Waals surface area (Å²) in [7, 11) is 0. The predicted octanol–water partition coefficient (Wildman–Crippen LogP) is 3.86. The first-order valence-corrected chi connectivity index (χ1v) is 9.13. The molecule has 0 fully saturated rings. The van der Waals surface area contributed by atoms with Gasteiger partial charge in [0, 0.05) is 11.3 Å². The predicted molar refractivity (Wildman–Crippen MR) is 106 cm³/mol. The fraction of sp³-hybridized carbons (Fsp3) is 0.286. The molecule has 7 nitrogen and oxygen atoms in total. The fourth-order valence-corrected chi connectivity index (χ4v) is 2.46. The number of para-hydroxylation sites is 1. The van der Waals surface area contributed by atoms with Crippen molar-refractivity contribution in [3.05, 3.63) is 60.2 Å². The van der Waals surface area contributed by atoms with E-state index < -0.39 is 37.0 Å². The SMILES string of the molecule is CC(C)[C@H](NC(=O)Nc1ccccc1)C(=O)OCC(=O)c1ccc(OC(F)F)cc1. The van der Waals surface area contributed by atoms with Crippen molar-refractivity contribution in [1.82, 2.24) is 5.32 Å². The lowest BCUT2D eigenvalue weighted by Gasteiger charge is -2.21. The van der Waals surface area contributed by atoms with Crippen LogP contribution in [0.4, 0.5) is 19.3 Å². The molecular formula is C21H22F2N2O5. The van der Waals surface area contributed by atoms with E-state index in [1.54, 1.807) is 44.2 Å². The van der Waals surface area contributed by atoms with Gasteiger partial charge in [0.05, 0.1) is 0 Å². The van der Waals surface area contributed by atoms with Crippen LogP contribution in [0.3, 0.4) is 0 Å². The lowest BCUT2D eigenvalue weighted by Crippen LogP contribution is -2.47. The molecule has 2 aromatic carbocycles. The van der Waals surface area contributed by atoms with Crippen LogP contribution in [0, 0.1) is 5.92 Å². The van der Waals surface area contributed by atoms with Crippen LogP contribution in [-0.2, 0) is 9.53 Å². The van der Waals surface area contributed by atoms with Crippen LogP contribution in [0.25, 0.3) is 0 Å². The summed E-state index contributed by atoms with van der Waals surface area (Å²) in [5, 5.41) is 5.13. The smallest absolute Gasteiger partial charge is 0.387 e. The average Bonchev–Trinajstić information content (AvgIpc) is 2.70. The van der Waals surface area contributed by atoms with Gasteiger partial charge < -0.3 is 20.1 Å². The number of nitrogens with one attached hydrogen (secondary N) is 2. The van der Waals surface area contributed by atoms with E-state index in [0.29, 0.717) is 5.69 Å². The van der Waals surface area contributed by atoms with E-state index in [1.165, 1.54) is 24.3 Å². The molecule has 160 valence electrons. The number of hydrogen-bond acceptors (Lipinski definition) is 5. The maximum atomic E-state index is 12.4. The van der Waals surface area contributed by atoms with Gasteiger partial charge in [0.2, 0.25) is 0 Å². The Labute approximate surface area is 172 Å². The molecule has 0 saturated heterocycles. The molecular weight excluding hydrogens is 398 g/mol. The van der Waals surface area contributed by atoms with Crippen LogP contribution in [0.2, 0.25) is 0 Å². The first-order valence-electron chi connectivity index (χ1n) is 9.13. The zero-order chi connectivity index (χ0) is 22.1. The van der Waals surface area contributed by atoms with Gasteiger partial charge in [-0.05, 0) is 42.3 Å². The van der Waals surface area contributed by atoms with E-state index in [9.17, 15) is 23.2 Å². The van der Waals surface area contributed by atoms with Gasteiger partial charge in [0.25, 0.3) is 0 Å². The van der Waals surface area contributed by atoms with Crippen molar-refractivity contribution < 1.29 is 32.6 Å². The molecule has 0 aromatic heterocycles. The summed E-state index contributed by atoms with van der Waals surface area (Å²) >= 11 is 0. The summed E-state index contributed by atoms with van der Waals surface area (Å²) in [6.45, 7) is -0.0811. The van der Waals surface area contributed by atoms with Crippen LogP contribution in [0.15, 0.2) is 54.6 Å². The highest BCUT2D eigenvalue weighted by Gasteiger charge is 2.26. The van der Waals surface area contributed by atoms with E-state index in [-0.39, 0.29) is 17.2 Å². The summed E-state index contributed by atoms with van der Waals surface area (Å²) in [6.07, 6.45) is 0. The van der Waals surface area contributed by atoms with E-state index in [2.05, 4.69) is 15.4 Å². The van der Waals surface area contributed by atoms with Gasteiger partial charge in [-0.2, -0.15) is 8.78 Å². The number of hydrogen-bond donors (Lipinski definition) is 2. The van der Waals surface area contributed by atoms with Gasteiger partial charge in [-0.25, -0.2) is 9.59 Å². The molecule has 0 aliphatic rings. The van der Waals surface area contributed by atoms with E-state index in [4.69, 9.17) is 4.74 Å². The number of esters is 1. The topological polar surface area (TPSA) is 93.7 Å². The zero-order valence-electron chi connectivity index (χ0n) is 16.4. The number of amides is 2. The number of benzene rings is 2. The first kappa shape index (κ1) is 22.8. The van der Waals surface area contributed by atoms with Crippen LogP contribution < -0.4 is 15.4 Å². The zero-order valence-corrected chi connectivity index (χ0v) is 16.4. The lowest BCUT2D eigenvalue weighted by atomic mass is 10.0. The second kappa shape index (κ2) is 10.9. The normalized spacial score (nSPS) is 11.7. The highest BCUT2D eigenvalue weighted by molar-refractivity contribution is 5.98. The van der Waals surface area contributed by atoms with Crippen molar-refractivity contribution in [2.75, 3.05) is 11.9 Å². The molecule has 0 heterocycles. The van der Waals surface area contributed by atoms with Gasteiger partial charge in [0.1, 0.15) is 11.8 Å². The average molecular weight is 420 g/mol. The summed E-state index contributed by atoms with van der Waals surface area (Å²) in [4.78, 5) is 36.7. The molecule has 2 amide bonds. The van der Waals surface area contributed by atoms with Crippen molar-refractivity contribution in [1.29, 1.82) is 0 Å². The molecule has 9 heteroatoms. The van der Waals surface area contributed by atoms with Crippen LogP contribution in [0.1, 0.15) is 24.2 Å². The molecule has 0 radical (unpaired) electrons. The summed E-state index contributed by atoms with van der Waals surface area (Å²) < 4.78 is 33.6. The van der Waals surface area contributed by atoms with Crippen molar-refractivity contribution in [3.63, 3.8) is 0 Å². The van der Waals surface area contributed by atoms with Gasteiger partial charge >= 0.3 is 18.6 Å². The van der Waals surface area contributed by atoms with Gasteiger partial charge in [-0.1, -0.05) is 32.0 Å². The Hall–Kier alpha value is -3.49. The number of alkyl halides is 2. The van der Waals surface area contributed by atoms with Crippen molar-refractivity contribution in [2.24, 2.45) is 5.92 Å². The van der Waals surface area contributed by atoms with E-state index in [0.717, 1.165) is 0 Å². The van der Waals surface area contributed by atoms with Crippen LogP contribution in [-0.4, -0.2) is 37.0 Å². The highest BCUT2D eigenvalue weighted by Crippen LogP contribution is 2.15. The lowest BCUT2D eigenvalue weighted by molar-refractivity contribution is -0.145. The first-order chi connectivity index (χ1) is 14.3. The molecule has 1 atom stereocenters. The van der Waals surface area contributed by atoms with E-state index >= 15 is 0 Å². The van der Waals surface area contributed by atoms with Crippen molar-refractivity contribution in [2.45, 2.75) is 26.5 Å².